The number of amides is 1. The van der Waals surface area contributed by atoms with E-state index in [9.17, 15) is 4.79 Å². The van der Waals surface area contributed by atoms with Crippen molar-refractivity contribution in [3.8, 4) is 0 Å². The summed E-state index contributed by atoms with van der Waals surface area (Å²) in [5.41, 5.74) is 5.35. The lowest BCUT2D eigenvalue weighted by Gasteiger charge is -2.24. The van der Waals surface area contributed by atoms with E-state index < -0.39 is 0 Å². The summed E-state index contributed by atoms with van der Waals surface area (Å²) in [5.74, 6) is 0. The average Bonchev–Trinajstić information content (AvgIpc) is 1.99. The Kier molecular flexibility index (Phi) is 5.37. The molecule has 1 amide bonds. The number of rotatable bonds is 4. The molecule has 2 N–H and O–H groups in total. The van der Waals surface area contributed by atoms with Gasteiger partial charge in [-0.25, -0.2) is 4.79 Å². The molecule has 0 bridgehead atoms. The highest BCUT2D eigenvalue weighted by Crippen LogP contribution is 2.01. The highest BCUT2D eigenvalue weighted by Gasteiger charge is 2.18. The van der Waals surface area contributed by atoms with Crippen molar-refractivity contribution in [1.82, 2.24) is 4.90 Å². The van der Waals surface area contributed by atoms with Crippen molar-refractivity contribution in [3.63, 3.8) is 0 Å². The molecule has 0 saturated heterocycles. The second-order valence-electron chi connectivity index (χ2n) is 2.89. The molecule has 0 radical (unpaired) electrons. The third-order valence-electron chi connectivity index (χ3n) is 1.45. The minimum atomic E-state index is -0.370. The highest BCUT2D eigenvalue weighted by atomic mass is 32.1. The molecule has 0 aliphatic rings. The van der Waals surface area contributed by atoms with Gasteiger partial charge in [-0.3, -0.25) is 4.90 Å². The number of thiocarbonyl (C=S) groups is 1. The van der Waals surface area contributed by atoms with Gasteiger partial charge >= 0.3 is 6.09 Å². The van der Waals surface area contributed by atoms with Crippen LogP contribution in [0, 0.1) is 0 Å². The molecule has 0 fully saturated rings. The van der Waals surface area contributed by atoms with Crippen LogP contribution in [0.3, 0.4) is 0 Å². The van der Waals surface area contributed by atoms with Gasteiger partial charge < -0.3 is 10.5 Å². The summed E-state index contributed by atoms with van der Waals surface area (Å²) in [4.78, 5) is 13.1. The predicted octanol–water partition coefficient (Wildman–Crippen LogP) is 1.14. The maximum Gasteiger partial charge on any atom is 0.410 e. The van der Waals surface area contributed by atoms with E-state index in [0.29, 0.717) is 11.6 Å². The molecule has 0 rings (SSSR count). The predicted molar refractivity (Wildman–Crippen MR) is 55.6 cm³/mol. The quantitative estimate of drug-likeness (QED) is 0.698. The van der Waals surface area contributed by atoms with Crippen LogP contribution < -0.4 is 5.73 Å². The van der Waals surface area contributed by atoms with Gasteiger partial charge in [0.1, 0.15) is 0 Å². The zero-order valence-corrected chi connectivity index (χ0v) is 9.06. The maximum absolute atomic E-state index is 11.3. The molecule has 4 nitrogen and oxygen atoms in total. The fourth-order valence-corrected chi connectivity index (χ4v) is 0.971. The molecular weight excluding hydrogens is 188 g/mol. The second kappa shape index (κ2) is 5.75. The molecule has 0 spiro atoms. The first kappa shape index (κ1) is 12.2. The minimum absolute atomic E-state index is 0.0422. The molecule has 0 unspecified atom stereocenters. The molecule has 0 atom stereocenters. The van der Waals surface area contributed by atoms with E-state index in [4.69, 9.17) is 22.7 Å². The number of hydrogen-bond acceptors (Lipinski definition) is 3. The Hall–Kier alpha value is -0.840. The maximum atomic E-state index is 11.3. The molecule has 0 aromatic rings. The molecule has 0 aliphatic heterocycles. The first-order valence-electron chi connectivity index (χ1n) is 4.20. The SMILES string of the molecule is CCOC(=O)N(CC(N)=S)C(C)C. The molecule has 0 aromatic heterocycles. The van der Waals surface area contributed by atoms with E-state index in [1.54, 1.807) is 6.92 Å². The topological polar surface area (TPSA) is 55.6 Å². The number of hydrogen-bond donors (Lipinski definition) is 1. The first-order valence-corrected chi connectivity index (χ1v) is 4.61. The molecule has 13 heavy (non-hydrogen) atoms. The normalized spacial score (nSPS) is 9.85. The van der Waals surface area contributed by atoms with E-state index in [0.717, 1.165) is 0 Å². The summed E-state index contributed by atoms with van der Waals surface area (Å²) in [6, 6.07) is 0.0422. The first-order chi connectivity index (χ1) is 5.99. The lowest BCUT2D eigenvalue weighted by molar-refractivity contribution is 0.103. The Balaban J connectivity index is 4.24. The van der Waals surface area contributed by atoms with Crippen LogP contribution in [0.15, 0.2) is 0 Å². The van der Waals surface area contributed by atoms with Crippen LogP contribution in [0.4, 0.5) is 4.79 Å². The van der Waals surface area contributed by atoms with E-state index in [-0.39, 0.29) is 18.7 Å². The summed E-state index contributed by atoms with van der Waals surface area (Å²) in [6.07, 6.45) is -0.370. The number of nitrogens with two attached hydrogens (primary N) is 1. The van der Waals surface area contributed by atoms with E-state index in [2.05, 4.69) is 0 Å². The van der Waals surface area contributed by atoms with Crippen LogP contribution in [-0.2, 0) is 4.74 Å². The van der Waals surface area contributed by atoms with Crippen molar-refractivity contribution in [3.05, 3.63) is 0 Å². The molecule has 0 aromatic carbocycles. The smallest absolute Gasteiger partial charge is 0.410 e. The van der Waals surface area contributed by atoms with Gasteiger partial charge in [-0.15, -0.1) is 0 Å². The highest BCUT2D eigenvalue weighted by molar-refractivity contribution is 7.80. The van der Waals surface area contributed by atoms with Crippen molar-refractivity contribution in [2.24, 2.45) is 5.73 Å². The minimum Gasteiger partial charge on any atom is -0.450 e. The lowest BCUT2D eigenvalue weighted by atomic mass is 10.3. The monoisotopic (exact) mass is 204 g/mol. The largest absolute Gasteiger partial charge is 0.450 e. The van der Waals surface area contributed by atoms with Gasteiger partial charge in [-0.2, -0.15) is 0 Å². The molecule has 0 aliphatic carbocycles. The summed E-state index contributed by atoms with van der Waals surface area (Å²) in [5, 5.41) is 0. The third-order valence-corrected chi connectivity index (χ3v) is 1.58. The van der Waals surface area contributed by atoms with E-state index in [1.165, 1.54) is 4.90 Å². The Morgan fingerprint density at radius 3 is 2.46 bits per heavy atom. The number of carbonyl (C=O) groups is 1. The van der Waals surface area contributed by atoms with Crippen molar-refractivity contribution in [2.45, 2.75) is 26.8 Å². The molecule has 0 saturated carbocycles. The number of carbonyl (C=O) groups excluding carboxylic acids is 1. The zero-order valence-electron chi connectivity index (χ0n) is 8.24. The van der Waals surface area contributed by atoms with Crippen LogP contribution in [0.5, 0.6) is 0 Å². The van der Waals surface area contributed by atoms with Crippen LogP contribution in [0.2, 0.25) is 0 Å². The summed E-state index contributed by atoms with van der Waals surface area (Å²) < 4.78 is 4.84. The van der Waals surface area contributed by atoms with Crippen LogP contribution in [0.1, 0.15) is 20.8 Å². The van der Waals surface area contributed by atoms with Gasteiger partial charge in [0, 0.05) is 6.04 Å². The number of nitrogens with zero attached hydrogens (tertiary/aromatic N) is 1. The number of ether oxygens (including phenoxy) is 1. The van der Waals surface area contributed by atoms with Crippen LogP contribution in [-0.4, -0.2) is 35.2 Å². The fourth-order valence-electron chi connectivity index (χ4n) is 0.832. The zero-order chi connectivity index (χ0) is 10.4. The van der Waals surface area contributed by atoms with Crippen molar-refractivity contribution >= 4 is 23.3 Å². The standard InChI is InChI=1S/C8H16N2O2S/c1-4-12-8(11)10(6(2)3)5-7(9)13/h6H,4-5H2,1-3H3,(H2,9,13). The van der Waals surface area contributed by atoms with Crippen LogP contribution in [0.25, 0.3) is 0 Å². The lowest BCUT2D eigenvalue weighted by Crippen LogP contribution is -2.42. The average molecular weight is 204 g/mol. The molecular formula is C8H16N2O2S. The van der Waals surface area contributed by atoms with Crippen LogP contribution >= 0.6 is 12.2 Å². The molecule has 76 valence electrons. The van der Waals surface area contributed by atoms with E-state index in [1.807, 2.05) is 13.8 Å². The van der Waals surface area contributed by atoms with Crippen molar-refractivity contribution in [2.75, 3.05) is 13.2 Å². The Bertz CT molecular complexity index is 195. The Labute approximate surface area is 84.0 Å². The van der Waals surface area contributed by atoms with Gasteiger partial charge in [0.15, 0.2) is 0 Å². The van der Waals surface area contributed by atoms with Gasteiger partial charge in [0.05, 0.1) is 18.1 Å². The van der Waals surface area contributed by atoms with E-state index >= 15 is 0 Å². The Morgan fingerprint density at radius 2 is 2.15 bits per heavy atom. The summed E-state index contributed by atoms with van der Waals surface area (Å²) in [6.45, 7) is 6.16. The summed E-state index contributed by atoms with van der Waals surface area (Å²) in [7, 11) is 0. The van der Waals surface area contributed by atoms with Crippen molar-refractivity contribution in [1.29, 1.82) is 0 Å². The fraction of sp³-hybridized carbons (Fsp3) is 0.750. The molecule has 0 heterocycles. The Morgan fingerprint density at radius 1 is 1.62 bits per heavy atom. The van der Waals surface area contributed by atoms with Gasteiger partial charge in [0.2, 0.25) is 0 Å². The molecule has 5 heteroatoms. The second-order valence-corrected chi connectivity index (χ2v) is 3.41. The van der Waals surface area contributed by atoms with Gasteiger partial charge in [-0.05, 0) is 20.8 Å². The van der Waals surface area contributed by atoms with Gasteiger partial charge in [0.25, 0.3) is 0 Å². The third kappa shape index (κ3) is 4.67. The van der Waals surface area contributed by atoms with Gasteiger partial charge in [-0.1, -0.05) is 12.2 Å². The van der Waals surface area contributed by atoms with Crippen molar-refractivity contribution < 1.29 is 9.53 Å². The summed E-state index contributed by atoms with van der Waals surface area (Å²) >= 11 is 4.72.